The number of hydrogen-bond acceptors (Lipinski definition) is 7. The molecule has 2 heterocycles. The molecule has 2 aromatic heterocycles. The van der Waals surface area contributed by atoms with Crippen LogP contribution in [0.5, 0.6) is 0 Å². The van der Waals surface area contributed by atoms with E-state index < -0.39 is 15.9 Å². The van der Waals surface area contributed by atoms with Crippen LogP contribution in [-0.4, -0.2) is 36.4 Å². The maximum absolute atomic E-state index is 12.8. The third kappa shape index (κ3) is 4.39. The number of hydrogen-bond donors (Lipinski definition) is 1. The molecule has 1 aromatic carbocycles. The van der Waals surface area contributed by atoms with Crippen molar-refractivity contribution in [1.82, 2.24) is 15.0 Å². The van der Waals surface area contributed by atoms with E-state index in [1.54, 1.807) is 36.7 Å². The van der Waals surface area contributed by atoms with Crippen molar-refractivity contribution in [3.63, 3.8) is 0 Å². The van der Waals surface area contributed by atoms with E-state index >= 15 is 0 Å². The summed E-state index contributed by atoms with van der Waals surface area (Å²) in [6, 6.07) is 8.38. The van der Waals surface area contributed by atoms with Crippen LogP contribution in [0, 0.1) is 6.92 Å². The van der Waals surface area contributed by atoms with Gasteiger partial charge in [0, 0.05) is 19.2 Å². The topological polar surface area (TPSA) is 105 Å². The molecular formula is C18H20N4O4S2. The Hall–Kier alpha value is -2.72. The number of rotatable bonds is 7. The highest BCUT2D eigenvalue weighted by molar-refractivity contribution is 7.93. The van der Waals surface area contributed by atoms with Gasteiger partial charge < -0.3 is 9.42 Å². The van der Waals surface area contributed by atoms with Gasteiger partial charge in [-0.3, -0.25) is 9.52 Å². The Bertz CT molecular complexity index is 1070. The molecule has 0 saturated carbocycles. The van der Waals surface area contributed by atoms with Crippen LogP contribution in [-0.2, 0) is 23.0 Å². The zero-order chi connectivity index (χ0) is 20.3. The number of aryl methyl sites for hydroxylation is 2. The predicted octanol–water partition coefficient (Wildman–Crippen LogP) is 3.07. The number of carbonyl (C=O) groups excluding carboxylic acids is 1. The standard InChI is InChI=1S/C18H20N4O4S2/c1-4-15-19-16(26-20-15)11-22(3)18(23)17-14(9-10-27-17)28(24,25)21-13-7-5-12(2)6-8-13/h5-10,21H,4,11H2,1-3H3. The number of sulfonamides is 1. The van der Waals surface area contributed by atoms with Gasteiger partial charge in [-0.2, -0.15) is 4.98 Å². The van der Waals surface area contributed by atoms with Crippen LogP contribution in [0.2, 0.25) is 0 Å². The quantitative estimate of drug-likeness (QED) is 0.630. The van der Waals surface area contributed by atoms with Gasteiger partial charge in [0.15, 0.2) is 5.82 Å². The minimum absolute atomic E-state index is 0.0605. The van der Waals surface area contributed by atoms with Crippen molar-refractivity contribution in [2.24, 2.45) is 0 Å². The Balaban J connectivity index is 1.79. The van der Waals surface area contributed by atoms with Crippen molar-refractivity contribution in [2.45, 2.75) is 31.7 Å². The molecule has 0 saturated heterocycles. The Labute approximate surface area is 167 Å². The summed E-state index contributed by atoms with van der Waals surface area (Å²) in [6.45, 7) is 3.90. The van der Waals surface area contributed by atoms with Gasteiger partial charge in [0.2, 0.25) is 5.89 Å². The summed E-state index contributed by atoms with van der Waals surface area (Å²) >= 11 is 1.07. The van der Waals surface area contributed by atoms with E-state index in [-0.39, 0.29) is 16.3 Å². The second kappa shape index (κ2) is 8.11. The molecular weight excluding hydrogens is 400 g/mol. The molecule has 0 aliphatic rings. The van der Waals surface area contributed by atoms with Gasteiger partial charge in [0.25, 0.3) is 15.9 Å². The van der Waals surface area contributed by atoms with Gasteiger partial charge in [-0.15, -0.1) is 11.3 Å². The minimum atomic E-state index is -3.90. The predicted molar refractivity (Wildman–Crippen MR) is 106 cm³/mol. The van der Waals surface area contributed by atoms with Gasteiger partial charge in [-0.05, 0) is 30.5 Å². The Morgan fingerprint density at radius 1 is 1.25 bits per heavy atom. The molecule has 0 aliphatic heterocycles. The molecule has 10 heteroatoms. The molecule has 0 bridgehead atoms. The summed E-state index contributed by atoms with van der Waals surface area (Å²) in [4.78, 5) is 18.4. The lowest BCUT2D eigenvalue weighted by Gasteiger charge is -2.15. The van der Waals surface area contributed by atoms with Crippen LogP contribution in [0.15, 0.2) is 45.1 Å². The summed E-state index contributed by atoms with van der Waals surface area (Å²) in [5.41, 5.74) is 1.45. The molecule has 8 nitrogen and oxygen atoms in total. The number of nitrogens with zero attached hydrogens (tertiary/aromatic N) is 3. The monoisotopic (exact) mass is 420 g/mol. The number of nitrogens with one attached hydrogen (secondary N) is 1. The van der Waals surface area contributed by atoms with E-state index in [1.807, 2.05) is 13.8 Å². The number of anilines is 1. The largest absolute Gasteiger partial charge is 0.337 e. The molecule has 1 N–H and O–H groups in total. The van der Waals surface area contributed by atoms with Crippen molar-refractivity contribution < 1.29 is 17.7 Å². The van der Waals surface area contributed by atoms with E-state index in [2.05, 4.69) is 14.9 Å². The van der Waals surface area contributed by atoms with Crippen LogP contribution in [0.1, 0.15) is 33.9 Å². The van der Waals surface area contributed by atoms with Crippen LogP contribution >= 0.6 is 11.3 Å². The average Bonchev–Trinajstić information content (AvgIpc) is 3.32. The Kier molecular flexibility index (Phi) is 5.80. The number of carbonyl (C=O) groups is 1. The summed E-state index contributed by atoms with van der Waals surface area (Å²) in [5, 5.41) is 5.37. The number of thiophene rings is 1. The van der Waals surface area contributed by atoms with Crippen LogP contribution in [0.25, 0.3) is 0 Å². The number of amides is 1. The fourth-order valence-electron chi connectivity index (χ4n) is 2.44. The molecule has 0 unspecified atom stereocenters. The summed E-state index contributed by atoms with van der Waals surface area (Å²) in [7, 11) is -2.35. The van der Waals surface area contributed by atoms with Crippen molar-refractivity contribution in [2.75, 3.05) is 11.8 Å². The fourth-order valence-corrected chi connectivity index (χ4v) is 4.92. The average molecular weight is 421 g/mol. The number of benzene rings is 1. The van der Waals surface area contributed by atoms with Crippen LogP contribution in [0.4, 0.5) is 5.69 Å². The first-order valence-electron chi connectivity index (χ1n) is 8.54. The molecule has 0 radical (unpaired) electrons. The fraction of sp³-hybridized carbons (Fsp3) is 0.278. The minimum Gasteiger partial charge on any atom is -0.337 e. The van der Waals surface area contributed by atoms with Gasteiger partial charge in [-0.25, -0.2) is 8.42 Å². The zero-order valence-corrected chi connectivity index (χ0v) is 17.3. The highest BCUT2D eigenvalue weighted by atomic mass is 32.2. The molecule has 1 amide bonds. The van der Waals surface area contributed by atoms with E-state index in [0.717, 1.165) is 16.9 Å². The first-order valence-corrected chi connectivity index (χ1v) is 10.9. The van der Waals surface area contributed by atoms with E-state index in [9.17, 15) is 13.2 Å². The van der Waals surface area contributed by atoms with Crippen molar-refractivity contribution in [3.05, 3.63) is 57.9 Å². The number of aromatic nitrogens is 2. The van der Waals surface area contributed by atoms with E-state index in [1.165, 1.54) is 11.0 Å². The van der Waals surface area contributed by atoms with E-state index in [4.69, 9.17) is 4.52 Å². The second-order valence-corrected chi connectivity index (χ2v) is 8.77. The molecule has 3 aromatic rings. The summed E-state index contributed by atoms with van der Waals surface area (Å²) < 4.78 is 33.2. The third-order valence-corrected chi connectivity index (χ3v) is 6.42. The Morgan fingerprint density at radius 3 is 2.61 bits per heavy atom. The highest BCUT2D eigenvalue weighted by Gasteiger charge is 2.27. The van der Waals surface area contributed by atoms with Gasteiger partial charge in [0.1, 0.15) is 16.3 Å². The highest BCUT2D eigenvalue weighted by Crippen LogP contribution is 2.26. The SMILES string of the molecule is CCc1noc(CN(C)C(=O)c2sccc2S(=O)(=O)Nc2ccc(C)cc2)n1. The maximum Gasteiger partial charge on any atom is 0.265 e. The second-order valence-electron chi connectivity index (χ2n) is 6.20. The zero-order valence-electron chi connectivity index (χ0n) is 15.7. The van der Waals surface area contributed by atoms with Crippen LogP contribution in [0.3, 0.4) is 0 Å². The third-order valence-electron chi connectivity index (χ3n) is 3.96. The van der Waals surface area contributed by atoms with Crippen molar-refractivity contribution >= 4 is 33.0 Å². The lowest BCUT2D eigenvalue weighted by molar-refractivity contribution is 0.0771. The van der Waals surface area contributed by atoms with Crippen LogP contribution < -0.4 is 4.72 Å². The lowest BCUT2D eigenvalue weighted by Crippen LogP contribution is -2.27. The summed E-state index contributed by atoms with van der Waals surface area (Å²) in [5.74, 6) is 0.416. The molecule has 0 spiro atoms. The van der Waals surface area contributed by atoms with Crippen molar-refractivity contribution in [3.8, 4) is 0 Å². The molecule has 0 atom stereocenters. The summed E-state index contributed by atoms with van der Waals surface area (Å²) in [6.07, 6.45) is 0.624. The van der Waals surface area contributed by atoms with E-state index in [0.29, 0.717) is 23.8 Å². The molecule has 0 aliphatic carbocycles. The normalized spacial score (nSPS) is 11.4. The molecule has 0 fully saturated rings. The van der Waals surface area contributed by atoms with Crippen molar-refractivity contribution in [1.29, 1.82) is 0 Å². The smallest absolute Gasteiger partial charge is 0.265 e. The Morgan fingerprint density at radius 2 is 1.96 bits per heavy atom. The lowest BCUT2D eigenvalue weighted by atomic mass is 10.2. The molecule has 148 valence electrons. The molecule has 28 heavy (non-hydrogen) atoms. The molecule has 3 rings (SSSR count). The maximum atomic E-state index is 12.8. The first-order chi connectivity index (χ1) is 13.3. The van der Waals surface area contributed by atoms with Gasteiger partial charge in [-0.1, -0.05) is 29.8 Å². The first kappa shape index (κ1) is 20.0. The van der Waals surface area contributed by atoms with Gasteiger partial charge >= 0.3 is 0 Å². The van der Waals surface area contributed by atoms with Gasteiger partial charge in [0.05, 0.1) is 0 Å².